The Balaban J connectivity index is 2.03. The molecule has 2 amide bonds. The molecule has 6 nitrogen and oxygen atoms in total. The van der Waals surface area contributed by atoms with E-state index in [9.17, 15) is 4.79 Å². The summed E-state index contributed by atoms with van der Waals surface area (Å²) >= 11 is 0. The van der Waals surface area contributed by atoms with Crippen LogP contribution >= 0.6 is 0 Å². The van der Waals surface area contributed by atoms with Crippen LogP contribution in [0.25, 0.3) is 0 Å². The van der Waals surface area contributed by atoms with Crippen LogP contribution in [0, 0.1) is 0 Å². The van der Waals surface area contributed by atoms with E-state index in [1.807, 2.05) is 12.1 Å². The maximum Gasteiger partial charge on any atom is 0.324 e. The van der Waals surface area contributed by atoms with Gasteiger partial charge in [-0.3, -0.25) is 5.32 Å². The summed E-state index contributed by atoms with van der Waals surface area (Å²) < 4.78 is 6.92. The quantitative estimate of drug-likeness (QED) is 0.884. The van der Waals surface area contributed by atoms with Crippen LogP contribution in [0.1, 0.15) is 26.3 Å². The highest BCUT2D eigenvalue weighted by atomic mass is 16.5. The number of hydrogen-bond acceptors (Lipinski definition) is 3. The monoisotopic (exact) mass is 288 g/mol. The summed E-state index contributed by atoms with van der Waals surface area (Å²) in [6.07, 6.45) is 2.61. The lowest BCUT2D eigenvalue weighted by atomic mass is 10.3. The van der Waals surface area contributed by atoms with Gasteiger partial charge in [-0.1, -0.05) is 13.0 Å². The first kappa shape index (κ1) is 14.9. The predicted octanol–water partition coefficient (Wildman–Crippen LogP) is 3.51. The Morgan fingerprint density at radius 1 is 1.38 bits per heavy atom. The average Bonchev–Trinajstić information content (AvgIpc) is 2.94. The summed E-state index contributed by atoms with van der Waals surface area (Å²) in [4.78, 5) is 12.0. The highest BCUT2D eigenvalue weighted by molar-refractivity contribution is 5.99. The molecule has 0 aliphatic rings. The Hall–Kier alpha value is -2.50. The van der Waals surface area contributed by atoms with E-state index in [4.69, 9.17) is 4.74 Å². The molecule has 1 aromatic heterocycles. The first-order valence-electron chi connectivity index (χ1n) is 6.89. The topological polar surface area (TPSA) is 68.2 Å². The molecule has 0 aliphatic carbocycles. The number of nitrogens with zero attached hydrogens (tertiary/aromatic N) is 2. The number of anilines is 2. The molecule has 1 heterocycles. The standard InChI is InChI=1S/C15H20N4O2/c1-4-11(2)19-14(8-9-16-19)18-15(20)17-12-6-5-7-13(10-12)21-3/h5-11H,4H2,1-3H3,(H2,17,18,20)/t11-/m1/s1. The summed E-state index contributed by atoms with van der Waals surface area (Å²) in [5.74, 6) is 1.36. The van der Waals surface area contributed by atoms with E-state index in [2.05, 4.69) is 29.6 Å². The lowest BCUT2D eigenvalue weighted by molar-refractivity contribution is 0.262. The fourth-order valence-electron chi connectivity index (χ4n) is 1.92. The number of urea groups is 1. The number of benzene rings is 1. The van der Waals surface area contributed by atoms with Crippen molar-refractivity contribution in [2.24, 2.45) is 0 Å². The zero-order chi connectivity index (χ0) is 15.2. The maximum atomic E-state index is 12.0. The Kier molecular flexibility index (Phi) is 4.81. The number of carbonyl (C=O) groups excluding carboxylic acids is 1. The van der Waals surface area contributed by atoms with Gasteiger partial charge in [-0.05, 0) is 25.5 Å². The second kappa shape index (κ2) is 6.78. The maximum absolute atomic E-state index is 12.0. The van der Waals surface area contributed by atoms with Crippen LogP contribution in [-0.4, -0.2) is 22.9 Å². The Morgan fingerprint density at radius 2 is 2.19 bits per heavy atom. The van der Waals surface area contributed by atoms with Gasteiger partial charge in [0.2, 0.25) is 0 Å². The average molecular weight is 288 g/mol. The molecule has 1 atom stereocenters. The summed E-state index contributed by atoms with van der Waals surface area (Å²) in [5, 5.41) is 9.80. The molecule has 0 bridgehead atoms. The van der Waals surface area contributed by atoms with E-state index >= 15 is 0 Å². The number of ether oxygens (including phenoxy) is 1. The van der Waals surface area contributed by atoms with Crippen LogP contribution in [0.4, 0.5) is 16.3 Å². The molecule has 0 aliphatic heterocycles. The van der Waals surface area contributed by atoms with Crippen molar-refractivity contribution < 1.29 is 9.53 Å². The summed E-state index contributed by atoms with van der Waals surface area (Å²) in [7, 11) is 1.59. The van der Waals surface area contributed by atoms with Crippen LogP contribution in [0.3, 0.4) is 0 Å². The minimum Gasteiger partial charge on any atom is -0.497 e. The number of methoxy groups -OCH3 is 1. The van der Waals surface area contributed by atoms with Crippen LogP contribution in [-0.2, 0) is 0 Å². The van der Waals surface area contributed by atoms with Crippen molar-refractivity contribution in [2.45, 2.75) is 26.3 Å². The Labute approximate surface area is 124 Å². The predicted molar refractivity (Wildman–Crippen MR) is 82.9 cm³/mol. The zero-order valence-electron chi connectivity index (χ0n) is 12.5. The number of rotatable bonds is 5. The van der Waals surface area contributed by atoms with Crippen molar-refractivity contribution in [3.63, 3.8) is 0 Å². The fraction of sp³-hybridized carbons (Fsp3) is 0.333. The molecular weight excluding hydrogens is 268 g/mol. The van der Waals surface area contributed by atoms with E-state index in [1.54, 1.807) is 36.2 Å². The van der Waals surface area contributed by atoms with Gasteiger partial charge in [0.15, 0.2) is 0 Å². The van der Waals surface area contributed by atoms with Crippen LogP contribution in [0.5, 0.6) is 5.75 Å². The molecular formula is C15H20N4O2. The van der Waals surface area contributed by atoms with Crippen LogP contribution in [0.2, 0.25) is 0 Å². The molecule has 1 aromatic carbocycles. The zero-order valence-corrected chi connectivity index (χ0v) is 12.5. The van der Waals surface area contributed by atoms with Crippen LogP contribution < -0.4 is 15.4 Å². The second-order valence-corrected chi connectivity index (χ2v) is 4.73. The SMILES string of the molecule is CC[C@@H](C)n1nccc1NC(=O)Nc1cccc(OC)c1. The van der Waals surface area contributed by atoms with Crippen molar-refractivity contribution in [1.29, 1.82) is 0 Å². The van der Waals surface area contributed by atoms with Crippen LogP contribution in [0.15, 0.2) is 36.5 Å². The molecule has 0 radical (unpaired) electrons. The first-order chi connectivity index (χ1) is 10.1. The number of carbonyl (C=O) groups is 1. The van der Waals surface area contributed by atoms with Crippen molar-refractivity contribution in [3.8, 4) is 5.75 Å². The van der Waals surface area contributed by atoms with E-state index in [1.165, 1.54) is 0 Å². The third kappa shape index (κ3) is 3.75. The highest BCUT2D eigenvalue weighted by Gasteiger charge is 2.11. The lowest BCUT2D eigenvalue weighted by Crippen LogP contribution is -2.22. The highest BCUT2D eigenvalue weighted by Crippen LogP contribution is 2.18. The van der Waals surface area contributed by atoms with Gasteiger partial charge in [-0.15, -0.1) is 0 Å². The van der Waals surface area contributed by atoms with Gasteiger partial charge < -0.3 is 10.1 Å². The Morgan fingerprint density at radius 3 is 2.90 bits per heavy atom. The Bertz CT molecular complexity index is 609. The molecule has 0 spiro atoms. The largest absolute Gasteiger partial charge is 0.497 e. The minimum atomic E-state index is -0.312. The van der Waals surface area contributed by atoms with E-state index in [0.29, 0.717) is 17.3 Å². The van der Waals surface area contributed by atoms with Crippen molar-refractivity contribution in [1.82, 2.24) is 9.78 Å². The van der Waals surface area contributed by atoms with Gasteiger partial charge in [0.1, 0.15) is 11.6 Å². The van der Waals surface area contributed by atoms with Gasteiger partial charge >= 0.3 is 6.03 Å². The fourth-order valence-corrected chi connectivity index (χ4v) is 1.92. The van der Waals surface area contributed by atoms with E-state index in [0.717, 1.165) is 6.42 Å². The van der Waals surface area contributed by atoms with Gasteiger partial charge in [0, 0.05) is 17.8 Å². The molecule has 112 valence electrons. The van der Waals surface area contributed by atoms with Gasteiger partial charge in [-0.25, -0.2) is 9.48 Å². The lowest BCUT2D eigenvalue weighted by Gasteiger charge is -2.14. The van der Waals surface area contributed by atoms with Gasteiger partial charge in [-0.2, -0.15) is 5.10 Å². The number of nitrogens with one attached hydrogen (secondary N) is 2. The number of hydrogen-bond donors (Lipinski definition) is 2. The molecule has 6 heteroatoms. The number of aromatic nitrogens is 2. The molecule has 0 unspecified atom stereocenters. The second-order valence-electron chi connectivity index (χ2n) is 4.73. The summed E-state index contributed by atoms with van der Waals surface area (Å²) in [6.45, 7) is 4.13. The smallest absolute Gasteiger partial charge is 0.324 e. The van der Waals surface area contributed by atoms with Gasteiger partial charge in [0.05, 0.1) is 19.3 Å². The van der Waals surface area contributed by atoms with Crippen molar-refractivity contribution >= 4 is 17.5 Å². The molecule has 0 fully saturated rings. The summed E-state index contributed by atoms with van der Waals surface area (Å²) in [6, 6.07) is 8.89. The van der Waals surface area contributed by atoms with Crippen molar-refractivity contribution in [2.75, 3.05) is 17.7 Å². The molecule has 21 heavy (non-hydrogen) atoms. The molecule has 2 N–H and O–H groups in total. The van der Waals surface area contributed by atoms with E-state index in [-0.39, 0.29) is 12.1 Å². The van der Waals surface area contributed by atoms with Crippen molar-refractivity contribution in [3.05, 3.63) is 36.5 Å². The third-order valence-corrected chi connectivity index (χ3v) is 3.25. The minimum absolute atomic E-state index is 0.229. The normalized spacial score (nSPS) is 11.8. The number of amides is 2. The first-order valence-corrected chi connectivity index (χ1v) is 6.89. The van der Waals surface area contributed by atoms with Gasteiger partial charge in [0.25, 0.3) is 0 Å². The molecule has 2 rings (SSSR count). The molecule has 2 aromatic rings. The third-order valence-electron chi connectivity index (χ3n) is 3.25. The molecule has 0 saturated carbocycles. The summed E-state index contributed by atoms with van der Waals surface area (Å²) in [5.41, 5.74) is 0.668. The van der Waals surface area contributed by atoms with E-state index < -0.39 is 0 Å². The molecule has 0 saturated heterocycles.